The van der Waals surface area contributed by atoms with E-state index in [9.17, 15) is 19.2 Å². The Morgan fingerprint density at radius 3 is 1.78 bits per heavy atom. The van der Waals surface area contributed by atoms with Gasteiger partial charge in [0.15, 0.2) is 8.07 Å². The quantitative estimate of drug-likeness (QED) is 0.0560. The van der Waals surface area contributed by atoms with Crippen molar-refractivity contribution in [1.82, 2.24) is 14.1 Å². The van der Waals surface area contributed by atoms with Gasteiger partial charge >= 0.3 is 0 Å². The predicted octanol–water partition coefficient (Wildman–Crippen LogP) is 14.9. The second-order valence-electron chi connectivity index (χ2n) is 21.3. The van der Waals surface area contributed by atoms with Crippen LogP contribution in [0.25, 0.3) is 72.3 Å². The number of aromatic nitrogens is 4. The fourth-order valence-corrected chi connectivity index (χ4v) is 14.5. The van der Waals surface area contributed by atoms with Gasteiger partial charge in [0.25, 0.3) is 6.33 Å². The number of imidazole rings is 1. The van der Waals surface area contributed by atoms with Crippen molar-refractivity contribution in [3.63, 3.8) is 0 Å². The van der Waals surface area contributed by atoms with E-state index in [-0.39, 0.29) is 60.1 Å². The molecule has 5 nitrogen and oxygen atoms in total. The Labute approximate surface area is 518 Å². The first kappa shape index (κ1) is 34.5. The van der Waals surface area contributed by atoms with Crippen LogP contribution >= 0.6 is 0 Å². The van der Waals surface area contributed by atoms with E-state index in [0.717, 1.165) is 33.0 Å². The zero-order valence-electron chi connectivity index (χ0n) is 64.7. The minimum atomic E-state index is -6.09. The second-order valence-corrected chi connectivity index (χ2v) is 24.9. The van der Waals surface area contributed by atoms with Crippen LogP contribution in [-0.4, -0.2) is 22.2 Å². The minimum Gasteiger partial charge on any atom is -0.510 e. The summed E-state index contributed by atoms with van der Waals surface area (Å²) in [6.07, 6.45) is 5.23. The summed E-state index contributed by atoms with van der Waals surface area (Å²) in [4.78, 5) is 4.83. The molecule has 0 amide bonds. The normalized spacial score (nSPS) is 15.4. The molecular weight excluding hydrogens is 1180 g/mol. The van der Waals surface area contributed by atoms with E-state index < -0.39 is 155 Å². The molecule has 0 N–H and O–H groups in total. The topological polar surface area (TPSA) is 35.9 Å². The summed E-state index contributed by atoms with van der Waals surface area (Å²) in [5, 5.41) is -1.02. The van der Waals surface area contributed by atoms with Crippen LogP contribution in [0.4, 0.5) is 0 Å². The van der Waals surface area contributed by atoms with Gasteiger partial charge in [0.2, 0.25) is 0 Å². The van der Waals surface area contributed by atoms with Gasteiger partial charge in [-0.3, -0.25) is 4.57 Å². The Morgan fingerprint density at radius 1 is 0.519 bits per heavy atom. The molecule has 0 aliphatic carbocycles. The molecule has 3 aromatic heterocycles. The number of hydrogen-bond donors (Lipinski definition) is 0. The van der Waals surface area contributed by atoms with Crippen molar-refractivity contribution >= 4 is 61.7 Å². The van der Waals surface area contributed by atoms with Crippen molar-refractivity contribution in [2.75, 3.05) is 0 Å². The van der Waals surface area contributed by atoms with Gasteiger partial charge in [0, 0.05) is 44.3 Å². The van der Waals surface area contributed by atoms with Crippen LogP contribution in [0.2, 0.25) is 0 Å². The van der Waals surface area contributed by atoms with Crippen LogP contribution in [0.15, 0.2) is 254 Å². The number of nitrogens with zero attached hydrogens (tertiary/aromatic N) is 4. The third kappa shape index (κ3) is 9.67. The van der Waals surface area contributed by atoms with Gasteiger partial charge in [-0.2, -0.15) is 18.2 Å². The maximum Gasteiger partial charge on any atom is 0.268 e. The van der Waals surface area contributed by atoms with Crippen molar-refractivity contribution in [3.8, 4) is 50.9 Å². The van der Waals surface area contributed by atoms with E-state index in [4.69, 9.17) is 17.9 Å². The summed E-state index contributed by atoms with van der Waals surface area (Å²) >= 11 is 0. The molecule has 0 atom stereocenters. The number of rotatable bonds is 11. The number of fused-ring (bicyclic) bond motifs is 4. The average molecular weight is 1260 g/mol. The average Bonchev–Trinajstić information content (AvgIpc) is 0.968. The third-order valence-corrected chi connectivity index (χ3v) is 18.6. The molecule has 13 rings (SSSR count). The van der Waals surface area contributed by atoms with Crippen LogP contribution in [-0.2, 0) is 31.9 Å². The molecule has 0 fully saturated rings. The first-order chi connectivity index (χ1) is 47.2. The van der Waals surface area contributed by atoms with Gasteiger partial charge in [-0.15, -0.1) is 29.7 Å². The van der Waals surface area contributed by atoms with E-state index in [1.54, 1.807) is 47.2 Å². The van der Waals surface area contributed by atoms with Crippen molar-refractivity contribution in [2.24, 2.45) is 0 Å². The number of ether oxygens (including phenoxy) is 1. The number of benzene rings is 10. The van der Waals surface area contributed by atoms with Gasteiger partial charge in [0.05, 0.1) is 44.1 Å². The Morgan fingerprint density at radius 2 is 1.12 bits per heavy atom. The second kappa shape index (κ2) is 21.4. The fraction of sp³-hybridized carbons (Fsp3) is 0.108. The molecule has 0 unspecified atom stereocenters. The standard InChI is InChI=1S/C74H60N4OSi.Pt/c1-73(2,3)55-40-37-52(38-41-55)54-39-44-67-69(47-54)76(57-25-21-26-58(49-57)79-59-42-43-65-64-33-19-20-35-66(64)78(68(65)50-59)71-48-56(45-46-75-71)74(4,5)6)51-77(67)72-63(53-23-11-7-12-24-53)34-22-36-70(72)80(60-27-13-8-14-28-60,61-29-15-9-16-30-61)62-31-17-10-18-32-62;/h7-48H,1-6H3;/q-2;/i7D,8D,9D,10D,11D,12D,13D,14D,15D,16D,17D,18D,23D,24D,27D,28D,29D,30D,31D,32D;. The van der Waals surface area contributed by atoms with Gasteiger partial charge in [-0.1, -0.05) is 241 Å². The maximum absolute atomic E-state index is 9.99. The first-order valence-corrected chi connectivity index (χ1v) is 27.9. The summed E-state index contributed by atoms with van der Waals surface area (Å²) in [5.41, 5.74) is 4.30. The molecule has 0 bridgehead atoms. The summed E-state index contributed by atoms with van der Waals surface area (Å²) in [7, 11) is -6.09. The molecule has 0 spiro atoms. The minimum absolute atomic E-state index is 0. The van der Waals surface area contributed by atoms with Crippen LogP contribution < -0.4 is 30.1 Å². The van der Waals surface area contributed by atoms with E-state index in [0.29, 0.717) is 28.2 Å². The molecular formula is C74H60N4OPtSi-2. The molecule has 0 saturated carbocycles. The summed E-state index contributed by atoms with van der Waals surface area (Å²) in [5.74, 6) is 1.13. The van der Waals surface area contributed by atoms with Crippen molar-refractivity contribution in [2.45, 2.75) is 52.4 Å². The Balaban J connectivity index is 0.00000965. The SMILES string of the molecule is [2H]c1c([2H])c([2H])c(-c2cccc([Si](c3c([2H])c([2H])c([2H])c([2H])c3[2H])(c3c([2H])c([2H])c([2H])c([2H])c3[2H])c3c([2H])c([2H])c([2H])c([2H])c3[2H])c2-[n+]2[c-]n(-c3[c-]c(Oc4[c-]c5c(cc4)c4ccccc4n5-c4cc(C(C)(C)C)ccn4)ccc3)c3cc(-c4ccc(C(C)(C)C)cc4)ccc32)c([2H])c1[2H].[Pt]. The smallest absolute Gasteiger partial charge is 0.268 e. The van der Waals surface area contributed by atoms with E-state index in [1.165, 1.54) is 22.8 Å². The van der Waals surface area contributed by atoms with Crippen molar-refractivity contribution in [3.05, 3.63) is 284 Å². The van der Waals surface area contributed by atoms with Gasteiger partial charge in [-0.05, 0) is 100 Å². The zero-order valence-corrected chi connectivity index (χ0v) is 48.0. The molecule has 0 aliphatic rings. The molecule has 0 saturated heterocycles. The number of pyridine rings is 1. The molecule has 0 aliphatic heterocycles. The van der Waals surface area contributed by atoms with E-state index >= 15 is 0 Å². The molecule has 3 heterocycles. The van der Waals surface area contributed by atoms with Crippen LogP contribution in [0.1, 0.15) is 80.1 Å². The number of hydrogen-bond acceptors (Lipinski definition) is 2. The van der Waals surface area contributed by atoms with Gasteiger partial charge in [-0.25, -0.2) is 4.98 Å². The summed E-state index contributed by atoms with van der Waals surface area (Å²) in [6, 6.07) is 26.0. The van der Waals surface area contributed by atoms with E-state index in [2.05, 4.69) is 66.1 Å². The molecule has 81 heavy (non-hydrogen) atoms. The van der Waals surface area contributed by atoms with Crippen LogP contribution in [0, 0.1) is 18.5 Å². The maximum atomic E-state index is 9.99. The molecule has 0 radical (unpaired) electrons. The molecule has 10 aromatic carbocycles. The van der Waals surface area contributed by atoms with E-state index in [1.807, 2.05) is 71.3 Å². The van der Waals surface area contributed by atoms with Crippen LogP contribution in [0.5, 0.6) is 11.5 Å². The summed E-state index contributed by atoms with van der Waals surface area (Å²) < 4.78 is 200. The van der Waals surface area contributed by atoms with Gasteiger partial charge in [0.1, 0.15) is 5.82 Å². The number of para-hydroxylation sites is 2. The Bertz CT molecular complexity index is 5370. The predicted molar refractivity (Wildman–Crippen MR) is 332 cm³/mol. The fourth-order valence-electron chi connectivity index (χ4n) is 10.5. The van der Waals surface area contributed by atoms with Gasteiger partial charge < -0.3 is 13.9 Å². The third-order valence-electron chi connectivity index (χ3n) is 14.4. The van der Waals surface area contributed by atoms with Crippen molar-refractivity contribution in [1.29, 1.82) is 0 Å². The Hall–Kier alpha value is -8.67. The largest absolute Gasteiger partial charge is 0.510 e. The van der Waals surface area contributed by atoms with Crippen LogP contribution in [0.3, 0.4) is 0 Å². The Kier molecular flexibility index (Phi) is 9.11. The zero-order chi connectivity index (χ0) is 72.0. The monoisotopic (exact) mass is 1260 g/mol. The molecule has 7 heteroatoms. The first-order valence-electron chi connectivity index (χ1n) is 35.9. The molecule has 13 aromatic rings. The van der Waals surface area contributed by atoms with Crippen molar-refractivity contribution < 1.29 is 57.8 Å². The molecule has 398 valence electrons. The summed E-state index contributed by atoms with van der Waals surface area (Å²) in [6.45, 7) is 12.7.